The molecule has 0 spiro atoms. The normalized spacial score (nSPS) is 32.2. The highest BCUT2D eigenvalue weighted by atomic mass is 16.7. The largest absolute Gasteiger partial charge is 0.388 e. The van der Waals surface area contributed by atoms with Crippen molar-refractivity contribution < 1.29 is 14.6 Å². The highest BCUT2D eigenvalue weighted by molar-refractivity contribution is 4.65. The number of hydrogen-bond acceptors (Lipinski definition) is 4. The first-order valence-corrected chi connectivity index (χ1v) is 3.96. The molecule has 2 atom stereocenters. The molecular weight excluding hydrogens is 146 g/mol. The van der Waals surface area contributed by atoms with Crippen LogP contribution in [0.25, 0.3) is 0 Å². The SMILES string of the molecule is NCCOC1OCCCC1O. The maximum atomic E-state index is 9.30. The number of rotatable bonds is 3. The summed E-state index contributed by atoms with van der Waals surface area (Å²) >= 11 is 0. The standard InChI is InChI=1S/C7H15NO3/c8-3-5-11-7-6(9)2-1-4-10-7/h6-7,9H,1-5,8H2. The van der Waals surface area contributed by atoms with E-state index in [4.69, 9.17) is 15.2 Å². The maximum Gasteiger partial charge on any atom is 0.183 e. The molecule has 1 aliphatic heterocycles. The van der Waals surface area contributed by atoms with E-state index in [2.05, 4.69) is 0 Å². The molecule has 1 heterocycles. The van der Waals surface area contributed by atoms with E-state index in [1.807, 2.05) is 0 Å². The second-order valence-electron chi connectivity index (χ2n) is 2.61. The van der Waals surface area contributed by atoms with Crippen LogP contribution in [0.5, 0.6) is 0 Å². The topological polar surface area (TPSA) is 64.7 Å². The molecular formula is C7H15NO3. The van der Waals surface area contributed by atoms with Crippen LogP contribution in [0.15, 0.2) is 0 Å². The minimum absolute atomic E-state index is 0.446. The van der Waals surface area contributed by atoms with Crippen molar-refractivity contribution in [2.45, 2.75) is 25.2 Å². The average molecular weight is 161 g/mol. The lowest BCUT2D eigenvalue weighted by Crippen LogP contribution is -2.37. The Kier molecular flexibility index (Phi) is 3.79. The minimum Gasteiger partial charge on any atom is -0.388 e. The summed E-state index contributed by atoms with van der Waals surface area (Å²) in [5, 5.41) is 9.30. The van der Waals surface area contributed by atoms with Crippen LogP contribution in [0.4, 0.5) is 0 Å². The molecule has 0 aromatic heterocycles. The Bertz CT molecular complexity index is 110. The van der Waals surface area contributed by atoms with Crippen molar-refractivity contribution in [1.29, 1.82) is 0 Å². The van der Waals surface area contributed by atoms with Crippen molar-refractivity contribution in [3.05, 3.63) is 0 Å². The summed E-state index contributed by atoms with van der Waals surface area (Å²) in [7, 11) is 0. The second kappa shape index (κ2) is 4.66. The fourth-order valence-electron chi connectivity index (χ4n) is 1.08. The van der Waals surface area contributed by atoms with E-state index >= 15 is 0 Å². The second-order valence-corrected chi connectivity index (χ2v) is 2.61. The van der Waals surface area contributed by atoms with Gasteiger partial charge in [-0.2, -0.15) is 0 Å². The molecule has 4 nitrogen and oxygen atoms in total. The molecule has 11 heavy (non-hydrogen) atoms. The average Bonchev–Trinajstić information content (AvgIpc) is 2.03. The van der Waals surface area contributed by atoms with Crippen LogP contribution in [0, 0.1) is 0 Å². The van der Waals surface area contributed by atoms with Crippen LogP contribution in [-0.4, -0.2) is 37.3 Å². The summed E-state index contributed by atoms with van der Waals surface area (Å²) in [6.45, 7) is 1.58. The van der Waals surface area contributed by atoms with Gasteiger partial charge < -0.3 is 20.3 Å². The van der Waals surface area contributed by atoms with Crippen LogP contribution in [0.2, 0.25) is 0 Å². The van der Waals surface area contributed by atoms with Gasteiger partial charge in [-0.05, 0) is 12.8 Å². The molecule has 1 saturated heterocycles. The van der Waals surface area contributed by atoms with Gasteiger partial charge in [0.15, 0.2) is 6.29 Å². The highest BCUT2D eigenvalue weighted by Gasteiger charge is 2.23. The fourth-order valence-corrected chi connectivity index (χ4v) is 1.08. The van der Waals surface area contributed by atoms with Gasteiger partial charge >= 0.3 is 0 Å². The van der Waals surface area contributed by atoms with E-state index in [9.17, 15) is 5.11 Å². The summed E-state index contributed by atoms with van der Waals surface area (Å²) < 4.78 is 10.3. The molecule has 1 fully saturated rings. The first-order chi connectivity index (χ1) is 5.34. The van der Waals surface area contributed by atoms with Gasteiger partial charge in [-0.15, -0.1) is 0 Å². The van der Waals surface area contributed by atoms with Crippen molar-refractivity contribution in [3.8, 4) is 0 Å². The van der Waals surface area contributed by atoms with E-state index in [1.165, 1.54) is 0 Å². The van der Waals surface area contributed by atoms with E-state index < -0.39 is 12.4 Å². The van der Waals surface area contributed by atoms with Gasteiger partial charge in [-0.3, -0.25) is 0 Å². The third kappa shape index (κ3) is 2.75. The Hall–Kier alpha value is -0.160. The Morgan fingerprint density at radius 1 is 1.64 bits per heavy atom. The van der Waals surface area contributed by atoms with Gasteiger partial charge in [-0.25, -0.2) is 0 Å². The van der Waals surface area contributed by atoms with Gasteiger partial charge in [0.2, 0.25) is 0 Å². The van der Waals surface area contributed by atoms with Crippen LogP contribution in [-0.2, 0) is 9.47 Å². The zero-order chi connectivity index (χ0) is 8.10. The monoisotopic (exact) mass is 161 g/mol. The zero-order valence-corrected chi connectivity index (χ0v) is 6.53. The molecule has 1 aliphatic rings. The first-order valence-electron chi connectivity index (χ1n) is 3.96. The van der Waals surface area contributed by atoms with Crippen molar-refractivity contribution >= 4 is 0 Å². The summed E-state index contributed by atoms with van der Waals surface area (Å²) in [6.07, 6.45) is 0.737. The van der Waals surface area contributed by atoms with Crippen LogP contribution < -0.4 is 5.73 Å². The Balaban J connectivity index is 2.18. The molecule has 66 valence electrons. The van der Waals surface area contributed by atoms with Crippen LogP contribution >= 0.6 is 0 Å². The third-order valence-corrected chi connectivity index (χ3v) is 1.64. The molecule has 4 heteroatoms. The Labute approximate surface area is 66.3 Å². The lowest BCUT2D eigenvalue weighted by Gasteiger charge is -2.27. The predicted molar refractivity (Wildman–Crippen MR) is 40.0 cm³/mol. The van der Waals surface area contributed by atoms with Crippen LogP contribution in [0.1, 0.15) is 12.8 Å². The number of nitrogens with two attached hydrogens (primary N) is 1. The van der Waals surface area contributed by atoms with E-state index in [0.717, 1.165) is 12.8 Å². The summed E-state index contributed by atoms with van der Waals surface area (Å²) in [4.78, 5) is 0. The van der Waals surface area contributed by atoms with Gasteiger partial charge in [0.25, 0.3) is 0 Å². The summed E-state index contributed by atoms with van der Waals surface area (Å²) in [6, 6.07) is 0. The van der Waals surface area contributed by atoms with Crippen molar-refractivity contribution in [2.24, 2.45) is 5.73 Å². The molecule has 0 aromatic carbocycles. The summed E-state index contributed by atoms with van der Waals surface area (Å²) in [5.41, 5.74) is 5.23. The number of aliphatic hydroxyl groups excluding tert-OH is 1. The molecule has 0 aliphatic carbocycles. The number of ether oxygens (including phenoxy) is 2. The predicted octanol–water partition coefficient (Wildman–Crippen LogP) is -0.541. The molecule has 0 radical (unpaired) electrons. The Morgan fingerprint density at radius 3 is 3.09 bits per heavy atom. The molecule has 1 rings (SSSR count). The Morgan fingerprint density at radius 2 is 2.45 bits per heavy atom. The molecule has 0 bridgehead atoms. The summed E-state index contributed by atoms with van der Waals surface area (Å²) in [5.74, 6) is 0. The quantitative estimate of drug-likeness (QED) is 0.583. The van der Waals surface area contributed by atoms with E-state index in [1.54, 1.807) is 0 Å². The fraction of sp³-hybridized carbons (Fsp3) is 1.00. The molecule has 0 saturated carbocycles. The van der Waals surface area contributed by atoms with Crippen molar-refractivity contribution in [3.63, 3.8) is 0 Å². The van der Waals surface area contributed by atoms with Gasteiger partial charge in [0.1, 0.15) is 6.10 Å². The number of hydrogen-bond donors (Lipinski definition) is 2. The zero-order valence-electron chi connectivity index (χ0n) is 6.53. The van der Waals surface area contributed by atoms with Gasteiger partial charge in [0.05, 0.1) is 6.61 Å². The van der Waals surface area contributed by atoms with Gasteiger partial charge in [-0.1, -0.05) is 0 Å². The van der Waals surface area contributed by atoms with Crippen LogP contribution in [0.3, 0.4) is 0 Å². The third-order valence-electron chi connectivity index (χ3n) is 1.64. The van der Waals surface area contributed by atoms with Crippen molar-refractivity contribution in [1.82, 2.24) is 0 Å². The van der Waals surface area contributed by atoms with Crippen molar-refractivity contribution in [2.75, 3.05) is 19.8 Å². The minimum atomic E-state index is -0.477. The van der Waals surface area contributed by atoms with Gasteiger partial charge in [0, 0.05) is 13.2 Å². The maximum absolute atomic E-state index is 9.30. The lowest BCUT2D eigenvalue weighted by atomic mass is 10.1. The highest BCUT2D eigenvalue weighted by Crippen LogP contribution is 2.14. The smallest absolute Gasteiger partial charge is 0.183 e. The molecule has 0 amide bonds. The molecule has 2 unspecified atom stereocenters. The number of aliphatic hydroxyl groups is 1. The van der Waals surface area contributed by atoms with E-state index in [0.29, 0.717) is 19.8 Å². The molecule has 3 N–H and O–H groups in total. The van der Waals surface area contributed by atoms with E-state index in [-0.39, 0.29) is 0 Å². The molecule has 0 aromatic rings. The first kappa shape index (κ1) is 8.93. The lowest BCUT2D eigenvalue weighted by molar-refractivity contribution is -0.212.